The third-order valence-electron chi connectivity index (χ3n) is 7.79. The van der Waals surface area contributed by atoms with Crippen molar-refractivity contribution >= 4 is 23.8 Å². The molecule has 11 heteroatoms. The number of hydrogen-bond acceptors (Lipinski definition) is 9. The van der Waals surface area contributed by atoms with Crippen molar-refractivity contribution in [2.75, 3.05) is 5.32 Å². The monoisotopic (exact) mass is 490 g/mol. The van der Waals surface area contributed by atoms with Gasteiger partial charge >= 0.3 is 11.9 Å². The van der Waals surface area contributed by atoms with E-state index in [2.05, 4.69) is 20.5 Å². The maximum Gasteiger partial charge on any atom is 0.309 e. The summed E-state index contributed by atoms with van der Waals surface area (Å²) in [5, 5.41) is 9.05. The SMILES string of the molecule is NC1CCC(CC(=O)OC2CCC(C(=O)OC3CCCCC3C(=O)Nc3ncn[nH]3)CC2)C(N)C1. The molecule has 1 heterocycles. The summed E-state index contributed by atoms with van der Waals surface area (Å²) in [6, 6.07) is 0.0668. The molecule has 35 heavy (non-hydrogen) atoms. The van der Waals surface area contributed by atoms with E-state index in [0.29, 0.717) is 44.9 Å². The first-order valence-corrected chi connectivity index (χ1v) is 13.0. The van der Waals surface area contributed by atoms with Gasteiger partial charge in [-0.15, -0.1) is 0 Å². The van der Waals surface area contributed by atoms with Gasteiger partial charge in [-0.05, 0) is 70.1 Å². The number of amides is 1. The highest BCUT2D eigenvalue weighted by Gasteiger charge is 2.37. The molecule has 4 rings (SSSR count). The van der Waals surface area contributed by atoms with Gasteiger partial charge in [0, 0.05) is 18.5 Å². The minimum absolute atomic E-state index is 0.0572. The van der Waals surface area contributed by atoms with Crippen LogP contribution in [0.5, 0.6) is 0 Å². The molecule has 3 aliphatic carbocycles. The van der Waals surface area contributed by atoms with Crippen molar-refractivity contribution in [1.29, 1.82) is 0 Å². The molecule has 1 amide bonds. The lowest BCUT2D eigenvalue weighted by molar-refractivity contribution is -0.162. The van der Waals surface area contributed by atoms with Crippen molar-refractivity contribution in [3.8, 4) is 0 Å². The highest BCUT2D eigenvalue weighted by atomic mass is 16.5. The number of H-pyrrole nitrogens is 1. The van der Waals surface area contributed by atoms with E-state index in [-0.39, 0.29) is 53.8 Å². The molecule has 0 saturated heterocycles. The Labute approximate surface area is 205 Å². The topological polar surface area (TPSA) is 175 Å². The summed E-state index contributed by atoms with van der Waals surface area (Å²) in [5.74, 6) is -0.923. The Morgan fingerprint density at radius 3 is 2.49 bits per heavy atom. The van der Waals surface area contributed by atoms with Crippen LogP contribution >= 0.6 is 0 Å². The Balaban J connectivity index is 1.20. The predicted octanol–water partition coefficient (Wildman–Crippen LogP) is 1.79. The Bertz CT molecular complexity index is 857. The minimum atomic E-state index is -0.442. The molecule has 11 nitrogen and oxygen atoms in total. The van der Waals surface area contributed by atoms with Crippen LogP contribution in [0.4, 0.5) is 5.95 Å². The van der Waals surface area contributed by atoms with Crippen molar-refractivity contribution in [1.82, 2.24) is 15.2 Å². The smallest absolute Gasteiger partial charge is 0.309 e. The summed E-state index contributed by atoms with van der Waals surface area (Å²) in [5.41, 5.74) is 12.1. The lowest BCUT2D eigenvalue weighted by atomic mass is 9.81. The number of nitrogens with two attached hydrogens (primary N) is 2. The van der Waals surface area contributed by atoms with Crippen LogP contribution in [0, 0.1) is 17.8 Å². The van der Waals surface area contributed by atoms with Crippen molar-refractivity contribution in [3.63, 3.8) is 0 Å². The zero-order valence-corrected chi connectivity index (χ0v) is 20.2. The number of carbonyl (C=O) groups is 3. The number of ether oxygens (including phenoxy) is 2. The van der Waals surface area contributed by atoms with E-state index in [1.54, 1.807) is 0 Å². The fraction of sp³-hybridized carbons (Fsp3) is 0.792. The largest absolute Gasteiger partial charge is 0.462 e. The number of carbonyl (C=O) groups excluding carboxylic acids is 3. The van der Waals surface area contributed by atoms with E-state index in [1.807, 2.05) is 0 Å². The molecule has 5 atom stereocenters. The summed E-state index contributed by atoms with van der Waals surface area (Å²) in [4.78, 5) is 42.0. The first-order chi connectivity index (χ1) is 16.9. The Morgan fingerprint density at radius 2 is 1.77 bits per heavy atom. The van der Waals surface area contributed by atoms with Gasteiger partial charge in [-0.2, -0.15) is 10.1 Å². The van der Waals surface area contributed by atoms with Crippen LogP contribution in [-0.4, -0.2) is 57.3 Å². The summed E-state index contributed by atoms with van der Waals surface area (Å²) in [6.45, 7) is 0. The number of esters is 2. The highest BCUT2D eigenvalue weighted by Crippen LogP contribution is 2.33. The zero-order chi connectivity index (χ0) is 24.8. The van der Waals surface area contributed by atoms with E-state index >= 15 is 0 Å². The fourth-order valence-corrected chi connectivity index (χ4v) is 5.68. The molecule has 0 aliphatic heterocycles. The van der Waals surface area contributed by atoms with Crippen LogP contribution in [0.15, 0.2) is 6.33 Å². The third-order valence-corrected chi connectivity index (χ3v) is 7.79. The lowest BCUT2D eigenvalue weighted by Crippen LogP contribution is -2.43. The van der Waals surface area contributed by atoms with Crippen LogP contribution in [-0.2, 0) is 23.9 Å². The Kier molecular flexibility index (Phi) is 8.72. The van der Waals surface area contributed by atoms with Gasteiger partial charge in [0.2, 0.25) is 11.9 Å². The second-order valence-electron chi connectivity index (χ2n) is 10.4. The number of aromatic amines is 1. The number of hydrogen-bond donors (Lipinski definition) is 4. The third kappa shape index (κ3) is 7.00. The summed E-state index contributed by atoms with van der Waals surface area (Å²) >= 11 is 0. The number of nitrogens with zero attached hydrogens (tertiary/aromatic N) is 2. The molecular formula is C24H38N6O5. The van der Waals surface area contributed by atoms with Crippen molar-refractivity contribution in [3.05, 3.63) is 6.33 Å². The molecule has 3 fully saturated rings. The highest BCUT2D eigenvalue weighted by molar-refractivity contribution is 5.91. The zero-order valence-electron chi connectivity index (χ0n) is 20.2. The molecule has 0 bridgehead atoms. The summed E-state index contributed by atoms with van der Waals surface area (Å²) in [6.07, 6.45) is 9.17. The molecular weight excluding hydrogens is 452 g/mol. The molecule has 0 aromatic carbocycles. The van der Waals surface area contributed by atoms with Crippen molar-refractivity contribution in [2.24, 2.45) is 29.2 Å². The van der Waals surface area contributed by atoms with E-state index in [1.165, 1.54) is 6.33 Å². The predicted molar refractivity (Wildman–Crippen MR) is 127 cm³/mol. The number of nitrogens with one attached hydrogen (secondary N) is 2. The van der Waals surface area contributed by atoms with Gasteiger partial charge in [-0.3, -0.25) is 19.7 Å². The lowest BCUT2D eigenvalue weighted by Gasteiger charge is -2.33. The van der Waals surface area contributed by atoms with E-state index in [9.17, 15) is 14.4 Å². The number of anilines is 1. The Morgan fingerprint density at radius 1 is 1.00 bits per heavy atom. The first-order valence-electron chi connectivity index (χ1n) is 13.0. The van der Waals surface area contributed by atoms with E-state index < -0.39 is 12.0 Å². The van der Waals surface area contributed by atoms with Gasteiger partial charge in [0.25, 0.3) is 0 Å². The molecule has 5 unspecified atom stereocenters. The van der Waals surface area contributed by atoms with Crippen LogP contribution in [0.25, 0.3) is 0 Å². The molecule has 0 radical (unpaired) electrons. The quantitative estimate of drug-likeness (QED) is 0.415. The average Bonchev–Trinajstić information content (AvgIpc) is 3.34. The first kappa shape index (κ1) is 25.6. The molecule has 0 spiro atoms. The standard InChI is InChI=1S/C24H38N6O5/c25-16-8-5-15(19(26)12-16)11-21(31)34-17-9-6-14(7-10-17)23(33)35-20-4-2-1-3-18(20)22(32)29-24-27-13-28-30-24/h13-20H,1-12,25-26H2,(H2,27,28,29,30,32). The second kappa shape index (κ2) is 11.9. The maximum atomic E-state index is 12.9. The van der Waals surface area contributed by atoms with Gasteiger partial charge in [0.1, 0.15) is 18.5 Å². The minimum Gasteiger partial charge on any atom is -0.462 e. The second-order valence-corrected chi connectivity index (χ2v) is 10.4. The summed E-state index contributed by atoms with van der Waals surface area (Å²) < 4.78 is 11.5. The molecule has 3 saturated carbocycles. The van der Waals surface area contributed by atoms with Gasteiger partial charge in [0.05, 0.1) is 11.8 Å². The Hall–Kier alpha value is -2.53. The van der Waals surface area contributed by atoms with Gasteiger partial charge in [-0.25, -0.2) is 5.10 Å². The average molecular weight is 491 g/mol. The van der Waals surface area contributed by atoms with Crippen molar-refractivity contribution in [2.45, 2.75) is 101 Å². The number of aromatic nitrogens is 3. The van der Waals surface area contributed by atoms with Gasteiger partial charge < -0.3 is 20.9 Å². The van der Waals surface area contributed by atoms with E-state index in [4.69, 9.17) is 20.9 Å². The molecule has 1 aromatic rings. The van der Waals surface area contributed by atoms with Crippen LogP contribution in [0.3, 0.4) is 0 Å². The molecule has 194 valence electrons. The molecule has 3 aliphatic rings. The van der Waals surface area contributed by atoms with Crippen LogP contribution < -0.4 is 16.8 Å². The normalized spacial score (nSPS) is 33.5. The fourth-order valence-electron chi connectivity index (χ4n) is 5.68. The van der Waals surface area contributed by atoms with Crippen molar-refractivity contribution < 1.29 is 23.9 Å². The van der Waals surface area contributed by atoms with Crippen LogP contribution in [0.1, 0.15) is 77.0 Å². The van der Waals surface area contributed by atoms with Crippen LogP contribution in [0.2, 0.25) is 0 Å². The molecule has 6 N–H and O–H groups in total. The van der Waals surface area contributed by atoms with Gasteiger partial charge in [0.15, 0.2) is 0 Å². The van der Waals surface area contributed by atoms with E-state index in [0.717, 1.165) is 32.1 Å². The molecule has 1 aromatic heterocycles. The van der Waals surface area contributed by atoms with Gasteiger partial charge in [-0.1, -0.05) is 6.42 Å². The maximum absolute atomic E-state index is 12.9. The summed E-state index contributed by atoms with van der Waals surface area (Å²) in [7, 11) is 0. The number of rotatable bonds is 7.